The van der Waals surface area contributed by atoms with Crippen LogP contribution in [0.25, 0.3) is 11.4 Å². The fourth-order valence-corrected chi connectivity index (χ4v) is 2.15. The van der Waals surface area contributed by atoms with Gasteiger partial charge in [-0.2, -0.15) is 4.98 Å². The first-order chi connectivity index (χ1) is 9.70. The molecule has 1 N–H and O–H groups in total. The molecular formula is C15H11BrN2O2. The van der Waals surface area contributed by atoms with Crippen molar-refractivity contribution in [3.8, 4) is 17.1 Å². The van der Waals surface area contributed by atoms with Gasteiger partial charge in [-0.1, -0.05) is 33.2 Å². The van der Waals surface area contributed by atoms with E-state index in [0.29, 0.717) is 18.1 Å². The molecule has 0 unspecified atom stereocenters. The van der Waals surface area contributed by atoms with E-state index in [0.717, 1.165) is 15.6 Å². The lowest BCUT2D eigenvalue weighted by molar-refractivity contribution is 0.385. The van der Waals surface area contributed by atoms with E-state index in [1.165, 1.54) is 0 Å². The summed E-state index contributed by atoms with van der Waals surface area (Å²) in [5, 5.41) is 13.4. The fraction of sp³-hybridized carbons (Fsp3) is 0.0667. The van der Waals surface area contributed by atoms with Gasteiger partial charge in [0.05, 0.1) is 6.42 Å². The smallest absolute Gasteiger partial charge is 0.231 e. The minimum Gasteiger partial charge on any atom is -0.508 e. The van der Waals surface area contributed by atoms with Crippen LogP contribution in [0.5, 0.6) is 5.75 Å². The van der Waals surface area contributed by atoms with Crippen LogP contribution in [-0.2, 0) is 6.42 Å². The van der Waals surface area contributed by atoms with Crippen LogP contribution in [-0.4, -0.2) is 15.2 Å². The molecule has 100 valence electrons. The van der Waals surface area contributed by atoms with Crippen molar-refractivity contribution in [3.05, 3.63) is 64.5 Å². The van der Waals surface area contributed by atoms with E-state index in [1.54, 1.807) is 18.2 Å². The molecule has 0 radical (unpaired) electrons. The number of hydrogen-bond acceptors (Lipinski definition) is 4. The topological polar surface area (TPSA) is 59.2 Å². The zero-order valence-electron chi connectivity index (χ0n) is 10.5. The van der Waals surface area contributed by atoms with E-state index in [1.807, 2.05) is 30.3 Å². The molecular weight excluding hydrogens is 320 g/mol. The van der Waals surface area contributed by atoms with Crippen molar-refractivity contribution >= 4 is 15.9 Å². The van der Waals surface area contributed by atoms with Gasteiger partial charge in [0.25, 0.3) is 0 Å². The highest BCUT2D eigenvalue weighted by Crippen LogP contribution is 2.20. The minimum atomic E-state index is 0.232. The molecule has 4 nitrogen and oxygen atoms in total. The molecule has 0 amide bonds. The first-order valence-corrected chi connectivity index (χ1v) is 6.86. The van der Waals surface area contributed by atoms with Crippen molar-refractivity contribution in [3.63, 3.8) is 0 Å². The van der Waals surface area contributed by atoms with Gasteiger partial charge < -0.3 is 9.63 Å². The van der Waals surface area contributed by atoms with Crippen LogP contribution in [0.15, 0.2) is 57.5 Å². The van der Waals surface area contributed by atoms with Gasteiger partial charge in [-0.15, -0.1) is 0 Å². The van der Waals surface area contributed by atoms with E-state index in [2.05, 4.69) is 26.1 Å². The number of nitrogens with zero attached hydrogens (tertiary/aromatic N) is 2. The molecule has 3 aromatic rings. The molecule has 0 aliphatic heterocycles. The van der Waals surface area contributed by atoms with Crippen LogP contribution < -0.4 is 0 Å². The summed E-state index contributed by atoms with van der Waals surface area (Å²) in [4.78, 5) is 4.36. The number of phenols is 1. The SMILES string of the molecule is Oc1cccc(Cc2nc(-c3ccc(Br)cc3)no2)c1. The van der Waals surface area contributed by atoms with Gasteiger partial charge in [-0.05, 0) is 42.0 Å². The van der Waals surface area contributed by atoms with Crippen molar-refractivity contribution in [2.75, 3.05) is 0 Å². The summed E-state index contributed by atoms with van der Waals surface area (Å²) in [5.41, 5.74) is 1.83. The minimum absolute atomic E-state index is 0.232. The van der Waals surface area contributed by atoms with E-state index in [-0.39, 0.29) is 5.75 Å². The predicted molar refractivity (Wildman–Crippen MR) is 78.3 cm³/mol. The lowest BCUT2D eigenvalue weighted by Crippen LogP contribution is -1.88. The summed E-state index contributed by atoms with van der Waals surface area (Å²) in [6, 6.07) is 14.7. The first-order valence-electron chi connectivity index (χ1n) is 6.07. The van der Waals surface area contributed by atoms with Gasteiger partial charge in [0.15, 0.2) is 0 Å². The Kier molecular flexibility index (Phi) is 3.52. The van der Waals surface area contributed by atoms with Crippen molar-refractivity contribution in [2.45, 2.75) is 6.42 Å². The Morgan fingerprint density at radius 2 is 1.90 bits per heavy atom. The number of aromatic hydroxyl groups is 1. The second-order valence-electron chi connectivity index (χ2n) is 4.37. The largest absolute Gasteiger partial charge is 0.508 e. The third-order valence-electron chi connectivity index (χ3n) is 2.84. The monoisotopic (exact) mass is 330 g/mol. The zero-order chi connectivity index (χ0) is 13.9. The van der Waals surface area contributed by atoms with E-state index in [4.69, 9.17) is 4.52 Å². The van der Waals surface area contributed by atoms with Crippen LogP contribution >= 0.6 is 15.9 Å². The van der Waals surface area contributed by atoms with Gasteiger partial charge in [0, 0.05) is 10.0 Å². The molecule has 5 heteroatoms. The molecule has 3 rings (SSSR count). The Morgan fingerprint density at radius 1 is 1.10 bits per heavy atom. The van der Waals surface area contributed by atoms with E-state index < -0.39 is 0 Å². The Hall–Kier alpha value is -2.14. The first kappa shape index (κ1) is 12.9. The number of benzene rings is 2. The molecule has 0 spiro atoms. The second-order valence-corrected chi connectivity index (χ2v) is 5.28. The van der Waals surface area contributed by atoms with E-state index in [9.17, 15) is 5.11 Å². The van der Waals surface area contributed by atoms with Crippen molar-refractivity contribution in [1.82, 2.24) is 10.1 Å². The van der Waals surface area contributed by atoms with Gasteiger partial charge in [0.2, 0.25) is 11.7 Å². The highest BCUT2D eigenvalue weighted by atomic mass is 79.9. The molecule has 1 aromatic heterocycles. The van der Waals surface area contributed by atoms with Gasteiger partial charge in [0.1, 0.15) is 5.75 Å². The molecule has 1 heterocycles. The molecule has 0 saturated heterocycles. The van der Waals surface area contributed by atoms with Crippen molar-refractivity contribution in [2.24, 2.45) is 0 Å². The van der Waals surface area contributed by atoms with Gasteiger partial charge >= 0.3 is 0 Å². The maximum absolute atomic E-state index is 9.43. The molecule has 0 fully saturated rings. The average Bonchev–Trinajstić information content (AvgIpc) is 2.88. The molecule has 20 heavy (non-hydrogen) atoms. The summed E-state index contributed by atoms with van der Waals surface area (Å²) in [5.74, 6) is 1.32. The molecule has 0 aliphatic rings. The summed E-state index contributed by atoms with van der Waals surface area (Å²) in [7, 11) is 0. The molecule has 0 atom stereocenters. The Morgan fingerprint density at radius 3 is 2.65 bits per heavy atom. The second kappa shape index (κ2) is 5.46. The third kappa shape index (κ3) is 2.88. The molecule has 0 bridgehead atoms. The van der Waals surface area contributed by atoms with Crippen molar-refractivity contribution in [1.29, 1.82) is 0 Å². The van der Waals surface area contributed by atoms with E-state index >= 15 is 0 Å². The maximum atomic E-state index is 9.43. The standard InChI is InChI=1S/C15H11BrN2O2/c16-12-6-4-11(5-7-12)15-17-14(20-18-15)9-10-2-1-3-13(19)8-10/h1-8,19H,9H2. The highest BCUT2D eigenvalue weighted by molar-refractivity contribution is 9.10. The quantitative estimate of drug-likeness (QED) is 0.793. The average molecular weight is 331 g/mol. The fourth-order valence-electron chi connectivity index (χ4n) is 1.88. The number of aromatic nitrogens is 2. The number of halogens is 1. The maximum Gasteiger partial charge on any atom is 0.231 e. The number of hydrogen-bond donors (Lipinski definition) is 1. The lowest BCUT2D eigenvalue weighted by atomic mass is 10.1. The van der Waals surface area contributed by atoms with Crippen LogP contribution in [0.1, 0.15) is 11.5 Å². The predicted octanol–water partition coefficient (Wildman–Crippen LogP) is 3.80. The number of rotatable bonds is 3. The van der Waals surface area contributed by atoms with Crippen LogP contribution in [0, 0.1) is 0 Å². The van der Waals surface area contributed by atoms with Crippen molar-refractivity contribution < 1.29 is 9.63 Å². The Labute approximate surface area is 124 Å². The summed E-state index contributed by atoms with van der Waals surface area (Å²) >= 11 is 3.39. The Bertz CT molecular complexity index is 723. The molecule has 0 saturated carbocycles. The van der Waals surface area contributed by atoms with Crippen LogP contribution in [0.2, 0.25) is 0 Å². The Balaban J connectivity index is 1.82. The molecule has 0 aliphatic carbocycles. The summed E-state index contributed by atoms with van der Waals surface area (Å²) in [6.07, 6.45) is 0.498. The van der Waals surface area contributed by atoms with Crippen LogP contribution in [0.3, 0.4) is 0 Å². The zero-order valence-corrected chi connectivity index (χ0v) is 12.0. The van der Waals surface area contributed by atoms with Gasteiger partial charge in [-0.3, -0.25) is 0 Å². The normalized spacial score (nSPS) is 10.7. The third-order valence-corrected chi connectivity index (χ3v) is 3.37. The summed E-state index contributed by atoms with van der Waals surface area (Å²) < 4.78 is 6.24. The number of phenolic OH excluding ortho intramolecular Hbond substituents is 1. The highest BCUT2D eigenvalue weighted by Gasteiger charge is 2.09. The van der Waals surface area contributed by atoms with Gasteiger partial charge in [-0.25, -0.2) is 0 Å². The molecule has 2 aromatic carbocycles. The summed E-state index contributed by atoms with van der Waals surface area (Å²) in [6.45, 7) is 0. The lowest BCUT2D eigenvalue weighted by Gasteiger charge is -1.97. The van der Waals surface area contributed by atoms with Crippen LogP contribution in [0.4, 0.5) is 0 Å².